The number of esters is 1. The van der Waals surface area contributed by atoms with Crippen molar-refractivity contribution in [3.8, 4) is 0 Å². The molecule has 3 N–H and O–H groups in total. The summed E-state index contributed by atoms with van der Waals surface area (Å²) in [4.78, 5) is 26.8. The van der Waals surface area contributed by atoms with Crippen LogP contribution in [0.5, 0.6) is 0 Å². The second-order valence-electron chi connectivity index (χ2n) is 15.3. The molecular weight excluding hydrogens is 634 g/mol. The Labute approximate surface area is 293 Å². The summed E-state index contributed by atoms with van der Waals surface area (Å²) in [5.74, 6) is -1.19. The van der Waals surface area contributed by atoms with E-state index in [9.17, 15) is 24.9 Å². The molecule has 3 aliphatic heterocycles. The van der Waals surface area contributed by atoms with Crippen LogP contribution in [0.2, 0.25) is 0 Å². The van der Waals surface area contributed by atoms with Gasteiger partial charge in [0.15, 0.2) is 12.6 Å². The number of carbonyl (C=O) groups is 2. The Morgan fingerprint density at radius 1 is 0.980 bits per heavy atom. The van der Waals surface area contributed by atoms with Gasteiger partial charge in [0, 0.05) is 26.4 Å². The van der Waals surface area contributed by atoms with Crippen LogP contribution in [-0.4, -0.2) is 127 Å². The number of ether oxygens (including phenoxy) is 6. The van der Waals surface area contributed by atoms with Crippen LogP contribution in [-0.2, 0) is 38.0 Å². The number of cyclic esters (lactones) is 1. The first-order valence-electron chi connectivity index (χ1n) is 17.8. The molecule has 15 atom stereocenters. The number of aldehydes is 1. The van der Waals surface area contributed by atoms with Crippen molar-refractivity contribution in [2.75, 3.05) is 21.2 Å². The van der Waals surface area contributed by atoms with Gasteiger partial charge in [-0.25, -0.2) is 0 Å². The molecule has 0 aromatic carbocycles. The van der Waals surface area contributed by atoms with Gasteiger partial charge < -0.3 is 53.4 Å². The first-order valence-corrected chi connectivity index (χ1v) is 17.8. The number of nitrogens with zero attached hydrogens (tertiary/aromatic N) is 1. The lowest BCUT2D eigenvalue weighted by Gasteiger charge is -2.50. The van der Waals surface area contributed by atoms with Crippen molar-refractivity contribution in [1.29, 1.82) is 0 Å². The summed E-state index contributed by atoms with van der Waals surface area (Å²) >= 11 is 0. The number of methoxy groups -OCH3 is 1. The highest BCUT2D eigenvalue weighted by Gasteiger charge is 2.51. The second-order valence-corrected chi connectivity index (χ2v) is 15.3. The summed E-state index contributed by atoms with van der Waals surface area (Å²) < 4.78 is 37.1. The molecule has 2 saturated heterocycles. The van der Waals surface area contributed by atoms with E-state index in [1.165, 1.54) is 7.11 Å². The molecule has 0 spiro atoms. The van der Waals surface area contributed by atoms with Crippen molar-refractivity contribution >= 4 is 12.3 Å². The molecule has 0 bridgehead atoms. The molecule has 4 unspecified atom stereocenters. The van der Waals surface area contributed by atoms with Crippen molar-refractivity contribution in [2.24, 2.45) is 23.2 Å². The lowest BCUT2D eigenvalue weighted by molar-refractivity contribution is -0.338. The highest BCUT2D eigenvalue weighted by molar-refractivity contribution is 5.70. The van der Waals surface area contributed by atoms with E-state index in [1.54, 1.807) is 25.2 Å². The molecular formula is C37H63NO11. The number of aliphatic hydroxyl groups excluding tert-OH is 3. The number of rotatable bonds is 8. The predicted molar refractivity (Wildman–Crippen MR) is 183 cm³/mol. The zero-order valence-electron chi connectivity index (χ0n) is 31.1. The van der Waals surface area contributed by atoms with Crippen LogP contribution < -0.4 is 0 Å². The molecule has 3 aliphatic rings. The summed E-state index contributed by atoms with van der Waals surface area (Å²) in [5.41, 5.74) is -0.0194. The third-order valence-electron chi connectivity index (χ3n) is 10.8. The molecule has 3 rings (SSSR count). The fraction of sp³-hybridized carbons (Fsp3) is 0.838. The number of aliphatic hydroxyl groups is 3. The van der Waals surface area contributed by atoms with Crippen LogP contribution in [0.25, 0.3) is 0 Å². The highest BCUT2D eigenvalue weighted by Crippen LogP contribution is 2.42. The van der Waals surface area contributed by atoms with Crippen LogP contribution in [0.4, 0.5) is 0 Å². The molecule has 282 valence electrons. The third kappa shape index (κ3) is 11.1. The molecule has 3 heterocycles. The minimum absolute atomic E-state index is 0.00598. The molecule has 12 nitrogen and oxygen atoms in total. The lowest BCUT2D eigenvalue weighted by atomic mass is 9.73. The SMILES string of the molecule is CO[C@@H]1[C@@H](O[C@@H]2OC(C)[C@@H](O[C@H]3CC(C)(C)[C@@H](C)C(C)O3)C(N(C)C)C2O)[C@@H](CC=O)C[C@@H](C)[C@@H](O)/C=C/C=C/C[C@@H](C)OC(=O)C[C@@H]1O. The molecule has 49 heavy (non-hydrogen) atoms. The molecule has 0 radical (unpaired) electrons. The number of hydrogen-bond donors (Lipinski definition) is 3. The summed E-state index contributed by atoms with van der Waals surface area (Å²) in [5, 5.41) is 34.2. The van der Waals surface area contributed by atoms with Crippen molar-refractivity contribution in [1.82, 2.24) is 4.90 Å². The van der Waals surface area contributed by atoms with Gasteiger partial charge in [-0.2, -0.15) is 0 Å². The van der Waals surface area contributed by atoms with Crippen molar-refractivity contribution in [2.45, 2.75) is 154 Å². The van der Waals surface area contributed by atoms with E-state index in [-0.39, 0.29) is 30.3 Å². The molecule has 2 fully saturated rings. The van der Waals surface area contributed by atoms with Gasteiger partial charge in [0.1, 0.15) is 30.7 Å². The monoisotopic (exact) mass is 697 g/mol. The van der Waals surface area contributed by atoms with Gasteiger partial charge in [0.2, 0.25) is 0 Å². The van der Waals surface area contributed by atoms with Gasteiger partial charge in [-0.1, -0.05) is 52.0 Å². The van der Waals surface area contributed by atoms with Crippen molar-refractivity contribution in [3.63, 3.8) is 0 Å². The molecule has 12 heteroatoms. The van der Waals surface area contributed by atoms with Crippen LogP contribution >= 0.6 is 0 Å². The van der Waals surface area contributed by atoms with Gasteiger partial charge in [-0.15, -0.1) is 0 Å². The number of likely N-dealkylation sites (N-methyl/N-ethyl adjacent to an activating group) is 1. The third-order valence-corrected chi connectivity index (χ3v) is 10.8. The molecule has 0 saturated carbocycles. The maximum Gasteiger partial charge on any atom is 0.308 e. The average molecular weight is 698 g/mol. The number of allylic oxidation sites excluding steroid dienone is 2. The summed E-state index contributed by atoms with van der Waals surface area (Å²) in [6.07, 6.45) is -0.0462. The van der Waals surface area contributed by atoms with Gasteiger partial charge >= 0.3 is 5.97 Å². The van der Waals surface area contributed by atoms with Crippen LogP contribution in [0.15, 0.2) is 24.3 Å². The van der Waals surface area contributed by atoms with E-state index >= 15 is 0 Å². The molecule has 0 aliphatic carbocycles. The fourth-order valence-corrected chi connectivity index (χ4v) is 7.37. The Balaban J connectivity index is 1.94. The molecule has 0 amide bonds. The van der Waals surface area contributed by atoms with Gasteiger partial charge in [0.05, 0.1) is 43.0 Å². The Kier molecular flexibility index (Phi) is 15.9. The predicted octanol–water partition coefficient (Wildman–Crippen LogP) is 3.40. The maximum absolute atomic E-state index is 12.8. The molecule has 0 aromatic rings. The van der Waals surface area contributed by atoms with Gasteiger partial charge in [-0.3, -0.25) is 4.79 Å². The smallest absolute Gasteiger partial charge is 0.308 e. The zero-order chi connectivity index (χ0) is 36.6. The average Bonchev–Trinajstić information content (AvgIpc) is 3.00. The standard InChI is InChI=1S/C37H63NO11/c1-21-18-26(16-17-39)34(35(44-10)28(41)19-29(42)45-22(2)14-12-11-13-15-27(21)40)49-36-32(43)31(38(8)9)33(25(5)47-36)48-30-20-37(6,7)23(3)24(4)46-30/h11-13,15,17,21-28,30-36,40-41,43H,14,16,18-20H2,1-10H3/b12-11+,15-13+/t21-,22-,23+,24?,25?,26+,27+,28+,30+,31?,32?,33-,34+,35+,36+/m1/s1. The Morgan fingerprint density at radius 3 is 2.29 bits per heavy atom. The van der Waals surface area contributed by atoms with E-state index in [4.69, 9.17) is 28.4 Å². The van der Waals surface area contributed by atoms with Gasteiger partial charge in [-0.05, 0) is 64.5 Å². The molecule has 0 aromatic heterocycles. The van der Waals surface area contributed by atoms with Crippen LogP contribution in [0.3, 0.4) is 0 Å². The quantitative estimate of drug-likeness (QED) is 0.252. The number of hydrogen-bond acceptors (Lipinski definition) is 12. The summed E-state index contributed by atoms with van der Waals surface area (Å²) in [7, 11) is 5.08. The first kappa shape index (κ1) is 41.7. The largest absolute Gasteiger partial charge is 0.462 e. The Morgan fingerprint density at radius 2 is 1.67 bits per heavy atom. The fourth-order valence-electron chi connectivity index (χ4n) is 7.37. The lowest BCUT2D eigenvalue weighted by Crippen LogP contribution is -2.65. The highest BCUT2D eigenvalue weighted by atomic mass is 16.7. The van der Waals surface area contributed by atoms with E-state index in [0.717, 1.165) is 6.29 Å². The van der Waals surface area contributed by atoms with Gasteiger partial charge in [0.25, 0.3) is 0 Å². The van der Waals surface area contributed by atoms with E-state index < -0.39 is 79.3 Å². The zero-order valence-corrected chi connectivity index (χ0v) is 31.1. The Bertz CT molecular complexity index is 1100. The first-order chi connectivity index (χ1) is 23.0. The van der Waals surface area contributed by atoms with Crippen molar-refractivity contribution in [3.05, 3.63) is 24.3 Å². The summed E-state index contributed by atoms with van der Waals surface area (Å²) in [6.45, 7) is 14.1. The van der Waals surface area contributed by atoms with Crippen LogP contribution in [0, 0.1) is 23.2 Å². The van der Waals surface area contributed by atoms with E-state index in [2.05, 4.69) is 20.8 Å². The Hall–Kier alpha value is -1.74. The minimum Gasteiger partial charge on any atom is -0.462 e. The summed E-state index contributed by atoms with van der Waals surface area (Å²) in [6, 6.07) is -0.577. The topological polar surface area (TPSA) is 153 Å². The maximum atomic E-state index is 12.8. The van der Waals surface area contributed by atoms with Crippen LogP contribution in [0.1, 0.15) is 80.6 Å². The van der Waals surface area contributed by atoms with E-state index in [0.29, 0.717) is 25.2 Å². The number of carbonyl (C=O) groups excluding carboxylic acids is 2. The van der Waals surface area contributed by atoms with Crippen molar-refractivity contribution < 1.29 is 53.3 Å². The van der Waals surface area contributed by atoms with E-state index in [1.807, 2.05) is 45.8 Å². The minimum atomic E-state index is -1.37. The normalized spacial score (nSPS) is 44.2. The second kappa shape index (κ2) is 18.7.